The number of carbonyl (C=O) groups excluding carboxylic acids is 1. The number of nitrogens with one attached hydrogen (secondary N) is 1. The summed E-state index contributed by atoms with van der Waals surface area (Å²) < 4.78 is 47.1. The van der Waals surface area contributed by atoms with E-state index >= 15 is 0 Å². The number of para-hydroxylation sites is 3. The van der Waals surface area contributed by atoms with Gasteiger partial charge in [0.2, 0.25) is 10.0 Å². The zero-order valence-corrected chi connectivity index (χ0v) is 19.2. The Labute approximate surface area is 197 Å². The number of anilines is 3. The molecule has 176 valence electrons. The summed E-state index contributed by atoms with van der Waals surface area (Å²) in [4.78, 5) is 15.1. The van der Waals surface area contributed by atoms with Crippen molar-refractivity contribution in [1.82, 2.24) is 4.31 Å². The van der Waals surface area contributed by atoms with Gasteiger partial charge in [0, 0.05) is 25.3 Å². The molecule has 34 heavy (non-hydrogen) atoms. The number of benzene rings is 3. The highest BCUT2D eigenvalue weighted by molar-refractivity contribution is 7.89. The largest absolute Gasteiger partial charge is 0.379 e. The molecule has 0 atom stereocenters. The van der Waals surface area contributed by atoms with E-state index in [0.717, 1.165) is 36.5 Å². The van der Waals surface area contributed by atoms with E-state index in [1.54, 1.807) is 12.1 Å². The minimum absolute atomic E-state index is 0.122. The van der Waals surface area contributed by atoms with Gasteiger partial charge in [0.25, 0.3) is 5.91 Å². The van der Waals surface area contributed by atoms with Gasteiger partial charge in [0.15, 0.2) is 0 Å². The van der Waals surface area contributed by atoms with E-state index in [1.807, 2.05) is 30.3 Å². The number of fused-ring (bicyclic) bond motifs is 1. The molecule has 0 aliphatic carbocycles. The van der Waals surface area contributed by atoms with Crippen LogP contribution in [-0.4, -0.2) is 51.5 Å². The predicted molar refractivity (Wildman–Crippen MR) is 128 cm³/mol. The highest BCUT2D eigenvalue weighted by atomic mass is 32.2. The molecule has 1 N–H and O–H groups in total. The standard InChI is InChI=1S/C25H24FN3O4S/c26-21-10-9-19(34(31,32)28-13-15-33-16-14-28)17-20(21)25(30)27-22-6-2-4-8-24(22)29-12-11-18-5-1-3-7-23(18)29/h1-10,17H,11-16H2,(H,27,30). The van der Waals surface area contributed by atoms with Crippen LogP contribution >= 0.6 is 0 Å². The molecule has 2 heterocycles. The topological polar surface area (TPSA) is 79.0 Å². The van der Waals surface area contributed by atoms with Gasteiger partial charge in [0.05, 0.1) is 35.0 Å². The number of rotatable bonds is 5. The van der Waals surface area contributed by atoms with Crippen LogP contribution < -0.4 is 10.2 Å². The van der Waals surface area contributed by atoms with Gasteiger partial charge < -0.3 is 15.0 Å². The summed E-state index contributed by atoms with van der Waals surface area (Å²) in [5, 5.41) is 2.78. The van der Waals surface area contributed by atoms with Gasteiger partial charge in [-0.15, -0.1) is 0 Å². The minimum Gasteiger partial charge on any atom is -0.379 e. The average Bonchev–Trinajstić information content (AvgIpc) is 3.29. The summed E-state index contributed by atoms with van der Waals surface area (Å²) >= 11 is 0. The number of nitrogens with zero attached hydrogens (tertiary/aromatic N) is 2. The maximum Gasteiger partial charge on any atom is 0.258 e. The number of halogens is 1. The highest BCUT2D eigenvalue weighted by Crippen LogP contribution is 2.38. The van der Waals surface area contributed by atoms with Crippen LogP contribution in [0.3, 0.4) is 0 Å². The SMILES string of the molecule is O=C(Nc1ccccc1N1CCc2ccccc21)c1cc(S(=O)(=O)N2CCOCC2)ccc1F. The fraction of sp³-hybridized carbons (Fsp3) is 0.240. The second-order valence-electron chi connectivity index (χ2n) is 8.16. The third-order valence-corrected chi connectivity index (χ3v) is 8.02. The van der Waals surface area contributed by atoms with Crippen LogP contribution in [0, 0.1) is 5.82 Å². The molecule has 0 radical (unpaired) electrons. The van der Waals surface area contributed by atoms with Crippen LogP contribution in [0.5, 0.6) is 0 Å². The lowest BCUT2D eigenvalue weighted by atomic mass is 10.1. The number of hydrogen-bond donors (Lipinski definition) is 1. The molecular weight excluding hydrogens is 457 g/mol. The quantitative estimate of drug-likeness (QED) is 0.600. The first kappa shape index (κ1) is 22.5. The minimum atomic E-state index is -3.86. The zero-order chi connectivity index (χ0) is 23.7. The van der Waals surface area contributed by atoms with Gasteiger partial charge in [-0.05, 0) is 48.4 Å². The second kappa shape index (κ2) is 9.17. The Morgan fingerprint density at radius 1 is 0.912 bits per heavy atom. The van der Waals surface area contributed by atoms with Crippen molar-refractivity contribution in [2.24, 2.45) is 0 Å². The van der Waals surface area contributed by atoms with Gasteiger partial charge in [-0.1, -0.05) is 30.3 Å². The molecule has 5 rings (SSSR count). The van der Waals surface area contributed by atoms with Crippen LogP contribution in [0.4, 0.5) is 21.5 Å². The number of morpholine rings is 1. The number of hydrogen-bond acceptors (Lipinski definition) is 5. The second-order valence-corrected chi connectivity index (χ2v) is 10.1. The normalized spacial score (nSPS) is 16.3. The van der Waals surface area contributed by atoms with Crippen molar-refractivity contribution in [3.05, 3.63) is 83.7 Å². The van der Waals surface area contributed by atoms with Gasteiger partial charge >= 0.3 is 0 Å². The van der Waals surface area contributed by atoms with Crippen LogP contribution in [-0.2, 0) is 21.2 Å². The van der Waals surface area contributed by atoms with Crippen molar-refractivity contribution >= 4 is 33.0 Å². The molecule has 1 saturated heterocycles. The summed E-state index contributed by atoms with van der Waals surface area (Å²) in [6.07, 6.45) is 0.883. The first-order chi connectivity index (χ1) is 16.4. The maximum atomic E-state index is 14.7. The van der Waals surface area contributed by atoms with Crippen molar-refractivity contribution in [3.63, 3.8) is 0 Å². The van der Waals surface area contributed by atoms with Gasteiger partial charge in [-0.2, -0.15) is 4.31 Å². The molecule has 7 nitrogen and oxygen atoms in total. The fourth-order valence-electron chi connectivity index (χ4n) is 4.37. The van der Waals surface area contributed by atoms with Crippen molar-refractivity contribution in [3.8, 4) is 0 Å². The molecule has 0 spiro atoms. The Kier molecular flexibility index (Phi) is 6.07. The monoisotopic (exact) mass is 481 g/mol. The molecule has 1 amide bonds. The lowest BCUT2D eigenvalue weighted by Gasteiger charge is -2.26. The Bertz CT molecular complexity index is 1340. The first-order valence-corrected chi connectivity index (χ1v) is 12.5. The summed E-state index contributed by atoms with van der Waals surface area (Å²) in [5.41, 5.74) is 3.26. The summed E-state index contributed by atoms with van der Waals surface area (Å²) in [6.45, 7) is 1.78. The number of amides is 1. The predicted octanol–water partition coefficient (Wildman–Crippen LogP) is 3.79. The maximum absolute atomic E-state index is 14.7. The van der Waals surface area contributed by atoms with Crippen LogP contribution in [0.1, 0.15) is 15.9 Å². The molecule has 0 aromatic heterocycles. The van der Waals surface area contributed by atoms with E-state index in [0.29, 0.717) is 18.9 Å². The third kappa shape index (κ3) is 4.18. The molecule has 2 aliphatic rings. The highest BCUT2D eigenvalue weighted by Gasteiger charge is 2.28. The van der Waals surface area contributed by atoms with E-state index in [-0.39, 0.29) is 23.5 Å². The van der Waals surface area contributed by atoms with Crippen molar-refractivity contribution in [2.75, 3.05) is 43.1 Å². The molecular formula is C25H24FN3O4S. The first-order valence-electron chi connectivity index (χ1n) is 11.1. The molecule has 2 aliphatic heterocycles. The smallest absolute Gasteiger partial charge is 0.258 e. The summed E-state index contributed by atoms with van der Waals surface area (Å²) in [5.74, 6) is -1.50. The van der Waals surface area contributed by atoms with E-state index in [9.17, 15) is 17.6 Å². The number of sulfonamides is 1. The van der Waals surface area contributed by atoms with E-state index in [4.69, 9.17) is 4.74 Å². The molecule has 1 fully saturated rings. The Morgan fingerprint density at radius 2 is 1.62 bits per heavy atom. The Morgan fingerprint density at radius 3 is 2.41 bits per heavy atom. The molecule has 3 aromatic rings. The zero-order valence-electron chi connectivity index (χ0n) is 18.4. The molecule has 0 saturated carbocycles. The van der Waals surface area contributed by atoms with Crippen molar-refractivity contribution in [1.29, 1.82) is 0 Å². The van der Waals surface area contributed by atoms with E-state index < -0.39 is 21.7 Å². The van der Waals surface area contributed by atoms with Gasteiger partial charge in [-0.25, -0.2) is 12.8 Å². The molecule has 9 heteroatoms. The van der Waals surface area contributed by atoms with Crippen LogP contribution in [0.2, 0.25) is 0 Å². The summed E-state index contributed by atoms with van der Waals surface area (Å²) in [7, 11) is -3.86. The fourth-order valence-corrected chi connectivity index (χ4v) is 5.80. The van der Waals surface area contributed by atoms with E-state index in [1.165, 1.54) is 15.9 Å². The van der Waals surface area contributed by atoms with Crippen LogP contribution in [0.25, 0.3) is 0 Å². The lowest BCUT2D eigenvalue weighted by Crippen LogP contribution is -2.40. The van der Waals surface area contributed by atoms with E-state index in [2.05, 4.69) is 16.3 Å². The van der Waals surface area contributed by atoms with Crippen molar-refractivity contribution in [2.45, 2.75) is 11.3 Å². The third-order valence-electron chi connectivity index (χ3n) is 6.12. The Balaban J connectivity index is 1.43. The number of ether oxygens (including phenoxy) is 1. The number of carbonyl (C=O) groups is 1. The average molecular weight is 482 g/mol. The van der Waals surface area contributed by atoms with Gasteiger partial charge in [-0.3, -0.25) is 4.79 Å². The Hall–Kier alpha value is -3.27. The molecule has 0 unspecified atom stereocenters. The van der Waals surface area contributed by atoms with Crippen LogP contribution in [0.15, 0.2) is 71.6 Å². The van der Waals surface area contributed by atoms with Crippen molar-refractivity contribution < 1.29 is 22.3 Å². The lowest BCUT2D eigenvalue weighted by molar-refractivity contribution is 0.0730. The van der Waals surface area contributed by atoms with Gasteiger partial charge in [0.1, 0.15) is 5.82 Å². The summed E-state index contributed by atoms with van der Waals surface area (Å²) in [6, 6.07) is 18.7. The molecule has 0 bridgehead atoms. The molecule has 3 aromatic carbocycles.